The number of benzene rings is 1. The Morgan fingerprint density at radius 2 is 2.10 bits per heavy atom. The SMILES string of the molecule is C[C@H](NCC(=O)Nc1ccccc1Br)c1cccnc1. The third-order valence-corrected chi connectivity index (χ3v) is 3.59. The molecule has 0 spiro atoms. The number of para-hydroxylation sites is 1. The van der Waals surface area contributed by atoms with E-state index in [-0.39, 0.29) is 18.5 Å². The topological polar surface area (TPSA) is 54.0 Å². The molecule has 4 nitrogen and oxygen atoms in total. The van der Waals surface area contributed by atoms with Crippen molar-refractivity contribution >= 4 is 27.5 Å². The Morgan fingerprint density at radius 1 is 1.30 bits per heavy atom. The molecule has 0 aliphatic rings. The van der Waals surface area contributed by atoms with E-state index in [2.05, 4.69) is 31.5 Å². The van der Waals surface area contributed by atoms with Gasteiger partial charge in [-0.1, -0.05) is 18.2 Å². The second kappa shape index (κ2) is 7.17. The Kier molecular flexibility index (Phi) is 5.26. The van der Waals surface area contributed by atoms with Crippen LogP contribution in [-0.4, -0.2) is 17.4 Å². The van der Waals surface area contributed by atoms with E-state index in [1.54, 1.807) is 12.4 Å². The quantitative estimate of drug-likeness (QED) is 0.883. The van der Waals surface area contributed by atoms with Crippen LogP contribution >= 0.6 is 15.9 Å². The summed E-state index contributed by atoms with van der Waals surface area (Å²) in [6, 6.07) is 11.5. The Bertz CT molecular complexity index is 574. The first kappa shape index (κ1) is 14.7. The summed E-state index contributed by atoms with van der Waals surface area (Å²) >= 11 is 3.40. The fourth-order valence-corrected chi connectivity index (χ4v) is 2.14. The molecular formula is C15H16BrN3O. The lowest BCUT2D eigenvalue weighted by Crippen LogP contribution is -2.30. The third-order valence-electron chi connectivity index (χ3n) is 2.90. The molecule has 0 radical (unpaired) electrons. The molecule has 0 unspecified atom stereocenters. The zero-order valence-corrected chi connectivity index (χ0v) is 12.7. The van der Waals surface area contributed by atoms with Crippen molar-refractivity contribution in [2.45, 2.75) is 13.0 Å². The lowest BCUT2D eigenvalue weighted by molar-refractivity contribution is -0.115. The number of hydrogen-bond acceptors (Lipinski definition) is 3. The number of carbonyl (C=O) groups is 1. The lowest BCUT2D eigenvalue weighted by atomic mass is 10.1. The third kappa shape index (κ3) is 4.15. The molecule has 0 aliphatic carbocycles. The van der Waals surface area contributed by atoms with Gasteiger partial charge in [0.25, 0.3) is 0 Å². The highest BCUT2D eigenvalue weighted by molar-refractivity contribution is 9.10. The van der Waals surface area contributed by atoms with Gasteiger partial charge in [-0.05, 0) is 46.6 Å². The largest absolute Gasteiger partial charge is 0.324 e. The maximum Gasteiger partial charge on any atom is 0.238 e. The number of hydrogen-bond donors (Lipinski definition) is 2. The average Bonchev–Trinajstić information content (AvgIpc) is 2.48. The fourth-order valence-electron chi connectivity index (χ4n) is 1.75. The van der Waals surface area contributed by atoms with Gasteiger partial charge in [-0.3, -0.25) is 9.78 Å². The smallest absolute Gasteiger partial charge is 0.238 e. The van der Waals surface area contributed by atoms with E-state index in [1.165, 1.54) is 0 Å². The summed E-state index contributed by atoms with van der Waals surface area (Å²) < 4.78 is 0.869. The predicted molar refractivity (Wildman–Crippen MR) is 83.4 cm³/mol. The predicted octanol–water partition coefficient (Wildman–Crippen LogP) is 3.13. The monoisotopic (exact) mass is 333 g/mol. The molecule has 2 N–H and O–H groups in total. The van der Waals surface area contributed by atoms with Crippen molar-refractivity contribution in [3.05, 3.63) is 58.8 Å². The molecule has 5 heteroatoms. The number of halogens is 1. The van der Waals surface area contributed by atoms with Crippen LogP contribution in [0.3, 0.4) is 0 Å². The average molecular weight is 334 g/mol. The van der Waals surface area contributed by atoms with Crippen LogP contribution in [0.1, 0.15) is 18.5 Å². The van der Waals surface area contributed by atoms with Gasteiger partial charge in [0.2, 0.25) is 5.91 Å². The van der Waals surface area contributed by atoms with Gasteiger partial charge in [-0.25, -0.2) is 0 Å². The maximum atomic E-state index is 11.9. The van der Waals surface area contributed by atoms with Crippen molar-refractivity contribution in [1.29, 1.82) is 0 Å². The molecule has 1 heterocycles. The van der Waals surface area contributed by atoms with Crippen LogP contribution in [0.15, 0.2) is 53.3 Å². The Hall–Kier alpha value is -1.72. The van der Waals surface area contributed by atoms with Crippen LogP contribution < -0.4 is 10.6 Å². The number of nitrogens with one attached hydrogen (secondary N) is 2. The van der Waals surface area contributed by atoms with Gasteiger partial charge in [-0.2, -0.15) is 0 Å². The summed E-state index contributed by atoms with van der Waals surface area (Å²) in [7, 11) is 0. The molecule has 0 bridgehead atoms. The first-order chi connectivity index (χ1) is 9.66. The molecule has 0 saturated carbocycles. The number of nitrogens with zero attached hydrogens (tertiary/aromatic N) is 1. The second-order valence-electron chi connectivity index (χ2n) is 4.42. The second-order valence-corrected chi connectivity index (χ2v) is 5.27. The number of pyridine rings is 1. The zero-order chi connectivity index (χ0) is 14.4. The minimum absolute atomic E-state index is 0.0763. The molecular weight excluding hydrogens is 318 g/mol. The molecule has 2 rings (SSSR count). The summed E-state index contributed by atoms with van der Waals surface area (Å²) in [6.45, 7) is 2.25. The Morgan fingerprint density at radius 3 is 2.80 bits per heavy atom. The van der Waals surface area contributed by atoms with Crippen LogP contribution in [0.2, 0.25) is 0 Å². The summed E-state index contributed by atoms with van der Waals surface area (Å²) in [6.07, 6.45) is 3.53. The van der Waals surface area contributed by atoms with E-state index >= 15 is 0 Å². The standard InChI is InChI=1S/C15H16BrN3O/c1-11(12-5-4-8-17-9-12)18-10-15(20)19-14-7-3-2-6-13(14)16/h2-9,11,18H,10H2,1H3,(H,19,20)/t11-/m0/s1. The molecule has 2 aromatic rings. The lowest BCUT2D eigenvalue weighted by Gasteiger charge is -2.14. The number of aromatic nitrogens is 1. The van der Waals surface area contributed by atoms with E-state index in [4.69, 9.17) is 0 Å². The van der Waals surface area contributed by atoms with Crippen LogP contribution in [0, 0.1) is 0 Å². The van der Waals surface area contributed by atoms with Gasteiger partial charge in [-0.15, -0.1) is 0 Å². The van der Waals surface area contributed by atoms with Crippen molar-refractivity contribution in [3.63, 3.8) is 0 Å². The van der Waals surface area contributed by atoms with Crippen molar-refractivity contribution in [1.82, 2.24) is 10.3 Å². The molecule has 0 saturated heterocycles. The van der Waals surface area contributed by atoms with Gasteiger partial charge >= 0.3 is 0 Å². The van der Waals surface area contributed by atoms with Crippen molar-refractivity contribution in [2.24, 2.45) is 0 Å². The van der Waals surface area contributed by atoms with E-state index in [9.17, 15) is 4.79 Å². The van der Waals surface area contributed by atoms with Crippen molar-refractivity contribution in [2.75, 3.05) is 11.9 Å². The zero-order valence-electron chi connectivity index (χ0n) is 11.1. The molecule has 1 aromatic heterocycles. The van der Waals surface area contributed by atoms with Crippen LogP contribution in [0.5, 0.6) is 0 Å². The molecule has 1 atom stereocenters. The minimum Gasteiger partial charge on any atom is -0.324 e. The van der Waals surface area contributed by atoms with Gasteiger partial charge in [0, 0.05) is 22.9 Å². The van der Waals surface area contributed by atoms with Crippen LogP contribution in [0.25, 0.3) is 0 Å². The number of amides is 1. The number of anilines is 1. The fraction of sp³-hybridized carbons (Fsp3) is 0.200. The number of rotatable bonds is 5. The summed E-state index contributed by atoms with van der Waals surface area (Å²) in [5, 5.41) is 6.02. The van der Waals surface area contributed by atoms with Gasteiger partial charge < -0.3 is 10.6 Å². The first-order valence-electron chi connectivity index (χ1n) is 6.34. The van der Waals surface area contributed by atoms with Crippen molar-refractivity contribution < 1.29 is 4.79 Å². The highest BCUT2D eigenvalue weighted by Gasteiger charge is 2.08. The van der Waals surface area contributed by atoms with Crippen LogP contribution in [-0.2, 0) is 4.79 Å². The van der Waals surface area contributed by atoms with E-state index in [0.29, 0.717) is 0 Å². The van der Waals surface area contributed by atoms with Gasteiger partial charge in [0.05, 0.1) is 12.2 Å². The number of carbonyl (C=O) groups excluding carboxylic acids is 1. The Labute approximate surface area is 126 Å². The highest BCUT2D eigenvalue weighted by atomic mass is 79.9. The summed E-state index contributed by atoms with van der Waals surface area (Å²) in [5.74, 6) is -0.0763. The molecule has 1 aromatic carbocycles. The normalized spacial score (nSPS) is 11.9. The maximum absolute atomic E-state index is 11.9. The Balaban J connectivity index is 1.85. The highest BCUT2D eigenvalue weighted by Crippen LogP contribution is 2.20. The molecule has 1 amide bonds. The van der Waals surface area contributed by atoms with E-state index < -0.39 is 0 Å². The van der Waals surface area contributed by atoms with Gasteiger partial charge in [0.15, 0.2) is 0 Å². The van der Waals surface area contributed by atoms with Crippen molar-refractivity contribution in [3.8, 4) is 0 Å². The summed E-state index contributed by atoms with van der Waals surface area (Å²) in [4.78, 5) is 16.0. The first-order valence-corrected chi connectivity index (χ1v) is 7.14. The molecule has 0 fully saturated rings. The van der Waals surface area contributed by atoms with Crippen LogP contribution in [0.4, 0.5) is 5.69 Å². The molecule has 0 aliphatic heterocycles. The van der Waals surface area contributed by atoms with E-state index in [1.807, 2.05) is 43.3 Å². The molecule has 20 heavy (non-hydrogen) atoms. The molecule has 104 valence electrons. The minimum atomic E-state index is -0.0763. The van der Waals surface area contributed by atoms with E-state index in [0.717, 1.165) is 15.7 Å². The van der Waals surface area contributed by atoms with Gasteiger partial charge in [0.1, 0.15) is 0 Å². The summed E-state index contributed by atoms with van der Waals surface area (Å²) in [5.41, 5.74) is 1.83.